The van der Waals surface area contributed by atoms with Crippen molar-refractivity contribution in [1.29, 1.82) is 0 Å². The summed E-state index contributed by atoms with van der Waals surface area (Å²) in [5, 5.41) is 3.54. The van der Waals surface area contributed by atoms with Crippen LogP contribution in [0.4, 0.5) is 5.69 Å². The van der Waals surface area contributed by atoms with E-state index in [9.17, 15) is 4.79 Å². The summed E-state index contributed by atoms with van der Waals surface area (Å²) in [5.74, 6) is 0.949. The number of benzene rings is 2. The molecule has 5 nitrogen and oxygen atoms in total. The number of nitrogen functional groups attached to an aromatic ring is 1. The minimum Gasteiger partial charge on any atom is -0.496 e. The van der Waals surface area contributed by atoms with Gasteiger partial charge in [-0.15, -0.1) is 0 Å². The highest BCUT2D eigenvalue weighted by molar-refractivity contribution is 6.31. The minimum absolute atomic E-state index is 0.224. The number of amides is 1. The first-order chi connectivity index (χ1) is 11.8. The summed E-state index contributed by atoms with van der Waals surface area (Å²) in [5.41, 5.74) is 7.40. The molecule has 0 aromatic heterocycles. The Kier molecular flexibility index (Phi) is 4.52. The van der Waals surface area contributed by atoms with Crippen LogP contribution in [0.1, 0.15) is 42.2 Å². The number of hydrogen-bond acceptors (Lipinski definition) is 4. The highest BCUT2D eigenvalue weighted by Crippen LogP contribution is 2.40. The lowest BCUT2D eigenvalue weighted by molar-refractivity contribution is 0.0619. The van der Waals surface area contributed by atoms with Gasteiger partial charge in [0.25, 0.3) is 5.91 Å². The lowest BCUT2D eigenvalue weighted by atomic mass is 9.89. The van der Waals surface area contributed by atoms with E-state index in [1.807, 2.05) is 26.0 Å². The van der Waals surface area contributed by atoms with Gasteiger partial charge in [0.15, 0.2) is 0 Å². The molecular formula is C19H21ClN2O3. The normalized spacial score (nSPS) is 18.0. The van der Waals surface area contributed by atoms with E-state index >= 15 is 0 Å². The Labute approximate surface area is 152 Å². The van der Waals surface area contributed by atoms with E-state index in [1.165, 1.54) is 7.11 Å². The van der Waals surface area contributed by atoms with Crippen LogP contribution < -0.4 is 20.5 Å². The average molecular weight is 361 g/mol. The highest BCUT2D eigenvalue weighted by Gasteiger charge is 2.35. The Bertz CT molecular complexity index is 820. The molecule has 0 aliphatic carbocycles. The number of nitrogens with one attached hydrogen (secondary N) is 1. The van der Waals surface area contributed by atoms with Crippen LogP contribution >= 0.6 is 11.6 Å². The van der Waals surface area contributed by atoms with E-state index in [1.54, 1.807) is 24.3 Å². The summed E-state index contributed by atoms with van der Waals surface area (Å²) in [6, 6.07) is 10.2. The van der Waals surface area contributed by atoms with Crippen molar-refractivity contribution in [2.75, 3.05) is 12.8 Å². The zero-order valence-electron chi connectivity index (χ0n) is 14.4. The fourth-order valence-corrected chi connectivity index (χ4v) is 3.27. The molecule has 3 N–H and O–H groups in total. The SMILES string of the molecule is COc1ccc(Cl)cc1C(=O)NC1CC(C)(C)Oc2ccc(N)cc21. The van der Waals surface area contributed by atoms with Crippen LogP contribution in [0.3, 0.4) is 0 Å². The summed E-state index contributed by atoms with van der Waals surface area (Å²) >= 11 is 6.04. The molecule has 132 valence electrons. The van der Waals surface area contributed by atoms with E-state index in [0.717, 1.165) is 11.3 Å². The Morgan fingerprint density at radius 1 is 1.32 bits per heavy atom. The van der Waals surface area contributed by atoms with Crippen LogP contribution in [0.5, 0.6) is 11.5 Å². The number of rotatable bonds is 3. The number of nitrogens with two attached hydrogens (primary N) is 1. The Morgan fingerprint density at radius 3 is 2.80 bits per heavy atom. The molecule has 0 spiro atoms. The fourth-order valence-electron chi connectivity index (χ4n) is 3.10. The smallest absolute Gasteiger partial charge is 0.255 e. The van der Waals surface area contributed by atoms with Crippen LogP contribution in [0, 0.1) is 0 Å². The molecule has 1 unspecified atom stereocenters. The number of carbonyl (C=O) groups excluding carboxylic acids is 1. The van der Waals surface area contributed by atoms with E-state index in [-0.39, 0.29) is 11.9 Å². The second-order valence-electron chi connectivity index (χ2n) is 6.73. The van der Waals surface area contributed by atoms with Crippen LogP contribution in [0.25, 0.3) is 0 Å². The van der Waals surface area contributed by atoms with E-state index in [0.29, 0.717) is 28.4 Å². The van der Waals surface area contributed by atoms with Crippen molar-refractivity contribution in [3.05, 3.63) is 52.5 Å². The largest absolute Gasteiger partial charge is 0.496 e. The van der Waals surface area contributed by atoms with Crippen LogP contribution in [0.2, 0.25) is 5.02 Å². The summed E-state index contributed by atoms with van der Waals surface area (Å²) in [6.45, 7) is 3.98. The molecule has 25 heavy (non-hydrogen) atoms. The molecular weight excluding hydrogens is 340 g/mol. The van der Waals surface area contributed by atoms with Gasteiger partial charge < -0.3 is 20.5 Å². The first-order valence-corrected chi connectivity index (χ1v) is 8.40. The third kappa shape index (κ3) is 3.66. The first kappa shape index (κ1) is 17.4. The summed E-state index contributed by atoms with van der Waals surface area (Å²) < 4.78 is 11.3. The summed E-state index contributed by atoms with van der Waals surface area (Å²) in [7, 11) is 1.52. The number of fused-ring (bicyclic) bond motifs is 1. The average Bonchev–Trinajstić information content (AvgIpc) is 2.54. The van der Waals surface area contributed by atoms with Crippen molar-refractivity contribution in [1.82, 2.24) is 5.32 Å². The molecule has 0 fully saturated rings. The standard InChI is InChI=1S/C19H21ClN2O3/c1-19(2)10-15(13-9-12(21)5-7-17(13)25-19)22-18(23)14-8-11(20)4-6-16(14)24-3/h4-9,15H,10,21H2,1-3H3,(H,22,23). The monoisotopic (exact) mass is 360 g/mol. The van der Waals surface area contributed by atoms with Gasteiger partial charge in [0.1, 0.15) is 17.1 Å². The van der Waals surface area contributed by atoms with Crippen LogP contribution in [-0.4, -0.2) is 18.6 Å². The topological polar surface area (TPSA) is 73.6 Å². The Balaban J connectivity index is 1.94. The van der Waals surface area contributed by atoms with Gasteiger partial charge in [-0.1, -0.05) is 11.6 Å². The third-order valence-corrected chi connectivity index (χ3v) is 4.44. The number of carbonyl (C=O) groups is 1. The maximum Gasteiger partial charge on any atom is 0.255 e. The molecule has 0 saturated carbocycles. The first-order valence-electron chi connectivity index (χ1n) is 8.02. The maximum atomic E-state index is 12.8. The van der Waals surface area contributed by atoms with Gasteiger partial charge in [-0.05, 0) is 50.2 Å². The molecule has 6 heteroatoms. The maximum absolute atomic E-state index is 12.8. The van der Waals surface area contributed by atoms with Crippen molar-refractivity contribution in [3.8, 4) is 11.5 Å². The van der Waals surface area contributed by atoms with Gasteiger partial charge in [0.2, 0.25) is 0 Å². The van der Waals surface area contributed by atoms with Crippen LogP contribution in [-0.2, 0) is 0 Å². The molecule has 1 atom stereocenters. The lowest BCUT2D eigenvalue weighted by Crippen LogP contribution is -2.41. The van der Waals surface area contributed by atoms with Crippen molar-refractivity contribution in [3.63, 3.8) is 0 Å². The quantitative estimate of drug-likeness (QED) is 0.812. The highest BCUT2D eigenvalue weighted by atomic mass is 35.5. The number of ether oxygens (including phenoxy) is 2. The van der Waals surface area contributed by atoms with Gasteiger partial charge in [0.05, 0.1) is 18.7 Å². The van der Waals surface area contributed by atoms with E-state index in [2.05, 4.69) is 5.32 Å². The number of anilines is 1. The van der Waals surface area contributed by atoms with Crippen LogP contribution in [0.15, 0.2) is 36.4 Å². The van der Waals surface area contributed by atoms with Gasteiger partial charge in [-0.25, -0.2) is 0 Å². The molecule has 1 amide bonds. The van der Waals surface area contributed by atoms with Gasteiger partial charge in [0, 0.05) is 22.7 Å². The number of methoxy groups -OCH3 is 1. The molecule has 0 bridgehead atoms. The zero-order valence-corrected chi connectivity index (χ0v) is 15.2. The van der Waals surface area contributed by atoms with Crippen molar-refractivity contribution in [2.45, 2.75) is 31.9 Å². The number of halogens is 1. The summed E-state index contributed by atoms with van der Waals surface area (Å²) in [4.78, 5) is 12.8. The molecule has 3 rings (SSSR count). The second kappa shape index (κ2) is 6.48. The van der Waals surface area contributed by atoms with Gasteiger partial charge in [-0.2, -0.15) is 0 Å². The predicted molar refractivity (Wildman–Crippen MR) is 98.4 cm³/mol. The van der Waals surface area contributed by atoms with Crippen molar-refractivity contribution >= 4 is 23.2 Å². The predicted octanol–water partition coefficient (Wildman–Crippen LogP) is 3.96. The molecule has 1 aliphatic rings. The third-order valence-electron chi connectivity index (χ3n) is 4.20. The molecule has 1 aliphatic heterocycles. The Morgan fingerprint density at radius 2 is 2.08 bits per heavy atom. The second-order valence-corrected chi connectivity index (χ2v) is 7.17. The van der Waals surface area contributed by atoms with Crippen molar-refractivity contribution in [2.24, 2.45) is 0 Å². The number of hydrogen-bond donors (Lipinski definition) is 2. The van der Waals surface area contributed by atoms with Gasteiger partial charge in [-0.3, -0.25) is 4.79 Å². The zero-order chi connectivity index (χ0) is 18.2. The molecule has 1 heterocycles. The lowest BCUT2D eigenvalue weighted by Gasteiger charge is -2.38. The van der Waals surface area contributed by atoms with E-state index < -0.39 is 5.60 Å². The summed E-state index contributed by atoms with van der Waals surface area (Å²) in [6.07, 6.45) is 0.623. The fraction of sp³-hybridized carbons (Fsp3) is 0.316. The molecule has 2 aromatic rings. The van der Waals surface area contributed by atoms with Gasteiger partial charge >= 0.3 is 0 Å². The van der Waals surface area contributed by atoms with E-state index in [4.69, 9.17) is 26.8 Å². The minimum atomic E-state index is -0.403. The molecule has 2 aromatic carbocycles. The van der Waals surface area contributed by atoms with Crippen molar-refractivity contribution < 1.29 is 14.3 Å². The molecule has 0 saturated heterocycles. The Hall–Kier alpha value is -2.40. The molecule has 0 radical (unpaired) electrons.